The zero-order valence-corrected chi connectivity index (χ0v) is 27.0. The summed E-state index contributed by atoms with van der Waals surface area (Å²) in [7, 11) is 3.94. The molecule has 0 spiro atoms. The number of nitrogens with two attached hydrogens (primary N) is 1. The molecule has 7 heteroatoms. The van der Waals surface area contributed by atoms with Gasteiger partial charge in [0.25, 0.3) is 0 Å². The quantitative estimate of drug-likeness (QED) is 0.219. The fourth-order valence-electron chi connectivity index (χ4n) is 3.57. The highest BCUT2D eigenvalue weighted by atomic mass is 19.1. The Labute approximate surface area is 259 Å². The van der Waals surface area contributed by atoms with Crippen LogP contribution in [0.5, 0.6) is 0 Å². The van der Waals surface area contributed by atoms with Crippen molar-refractivity contribution in [2.24, 2.45) is 0 Å². The van der Waals surface area contributed by atoms with Gasteiger partial charge in [0.05, 0.1) is 30.1 Å². The number of anilines is 1. The normalized spacial score (nSPS) is 10.5. The lowest BCUT2D eigenvalue weighted by Crippen LogP contribution is -2.15. The van der Waals surface area contributed by atoms with Crippen molar-refractivity contribution < 1.29 is 4.39 Å². The maximum Gasteiger partial charge on any atom is 0.147 e. The minimum Gasteiger partial charge on any atom is -0.383 e. The summed E-state index contributed by atoms with van der Waals surface area (Å²) in [6.07, 6.45) is 10.3. The van der Waals surface area contributed by atoms with Crippen LogP contribution in [-0.2, 0) is 13.1 Å². The van der Waals surface area contributed by atoms with Crippen molar-refractivity contribution in [1.29, 1.82) is 5.26 Å². The number of allylic oxidation sites excluding steroid dienone is 5. The standard InChI is InChI=1S/C24H30N6.C8H7F.2C2H6/c1-5-7-8-19(6-2)21(13-14-25)27-15-18-9-11-20(12-10-18)22-16-28-23(17-30(3)4)24(26)29-22;1-2-7-3-5-8(9)6-4-7;2*1-2/h5,7-12,16,27H,1,6,13,15,17H2,2-4H3,(H2,26,29);2-6H,1H2;2*1-2H3/b8-7-,21-19+;;;. The zero-order chi connectivity index (χ0) is 32.6. The molecule has 0 saturated heterocycles. The van der Waals surface area contributed by atoms with E-state index < -0.39 is 0 Å². The number of nitrogens with zero attached hydrogens (tertiary/aromatic N) is 4. The third-order valence-electron chi connectivity index (χ3n) is 5.66. The lowest BCUT2D eigenvalue weighted by molar-refractivity contribution is 0.397. The predicted molar refractivity (Wildman–Crippen MR) is 182 cm³/mol. The molecule has 43 heavy (non-hydrogen) atoms. The Balaban J connectivity index is 0.00000113. The number of benzene rings is 2. The van der Waals surface area contributed by atoms with E-state index in [0.717, 1.165) is 45.8 Å². The number of aromatic nitrogens is 2. The fraction of sp³-hybridized carbons (Fsp3) is 0.306. The van der Waals surface area contributed by atoms with Crippen LogP contribution in [-0.4, -0.2) is 29.0 Å². The Morgan fingerprint density at radius 1 is 1.05 bits per heavy atom. The van der Waals surface area contributed by atoms with Gasteiger partial charge in [-0.2, -0.15) is 5.26 Å². The van der Waals surface area contributed by atoms with Crippen LogP contribution in [0, 0.1) is 17.1 Å². The molecule has 0 aliphatic carbocycles. The van der Waals surface area contributed by atoms with Gasteiger partial charge in [0, 0.05) is 24.4 Å². The van der Waals surface area contributed by atoms with Gasteiger partial charge in [-0.25, -0.2) is 9.37 Å². The molecule has 230 valence electrons. The van der Waals surface area contributed by atoms with E-state index in [1.807, 2.05) is 83.1 Å². The topological polar surface area (TPSA) is 90.9 Å². The third-order valence-corrected chi connectivity index (χ3v) is 5.66. The smallest absolute Gasteiger partial charge is 0.147 e. The Kier molecular flexibility index (Phi) is 20.6. The molecule has 2 aromatic carbocycles. The number of hydrogen-bond donors (Lipinski definition) is 2. The first-order chi connectivity index (χ1) is 20.8. The minimum absolute atomic E-state index is 0.208. The fourth-order valence-corrected chi connectivity index (χ4v) is 3.57. The number of rotatable bonds is 11. The predicted octanol–water partition coefficient (Wildman–Crippen LogP) is 8.72. The van der Waals surface area contributed by atoms with Crippen molar-refractivity contribution in [3.8, 4) is 17.3 Å². The first-order valence-electron chi connectivity index (χ1n) is 14.7. The van der Waals surface area contributed by atoms with E-state index in [1.165, 1.54) is 12.1 Å². The first-order valence-corrected chi connectivity index (χ1v) is 14.7. The van der Waals surface area contributed by atoms with Crippen LogP contribution in [0.25, 0.3) is 17.3 Å². The average Bonchev–Trinajstić information content (AvgIpc) is 3.04. The van der Waals surface area contributed by atoms with Gasteiger partial charge in [0.1, 0.15) is 11.6 Å². The molecule has 0 bridgehead atoms. The van der Waals surface area contributed by atoms with Crippen molar-refractivity contribution >= 4 is 11.9 Å². The van der Waals surface area contributed by atoms with Crippen molar-refractivity contribution in [3.63, 3.8) is 0 Å². The van der Waals surface area contributed by atoms with Crippen LogP contribution in [0.2, 0.25) is 0 Å². The Morgan fingerprint density at radius 2 is 1.67 bits per heavy atom. The van der Waals surface area contributed by atoms with E-state index in [-0.39, 0.29) is 5.82 Å². The van der Waals surface area contributed by atoms with Crippen LogP contribution in [0.15, 0.2) is 97.4 Å². The highest BCUT2D eigenvalue weighted by Gasteiger charge is 2.08. The number of hydrogen-bond acceptors (Lipinski definition) is 6. The molecule has 1 aromatic heterocycles. The highest BCUT2D eigenvalue weighted by Crippen LogP contribution is 2.20. The summed E-state index contributed by atoms with van der Waals surface area (Å²) in [4.78, 5) is 11.0. The Morgan fingerprint density at radius 3 is 2.16 bits per heavy atom. The Hall–Kier alpha value is -4.54. The molecule has 1 heterocycles. The summed E-state index contributed by atoms with van der Waals surface area (Å²) < 4.78 is 12.2. The van der Waals surface area contributed by atoms with Gasteiger partial charge >= 0.3 is 0 Å². The second-order valence-electron chi connectivity index (χ2n) is 8.92. The number of nitrogens with one attached hydrogen (secondary N) is 1. The molecule has 0 aliphatic heterocycles. The monoisotopic (exact) mass is 584 g/mol. The van der Waals surface area contributed by atoms with E-state index in [4.69, 9.17) is 11.0 Å². The van der Waals surface area contributed by atoms with Gasteiger partial charge in [-0.05, 0) is 49.3 Å². The number of halogens is 1. The van der Waals surface area contributed by atoms with Gasteiger partial charge in [-0.15, -0.1) is 0 Å². The van der Waals surface area contributed by atoms with E-state index in [0.29, 0.717) is 25.3 Å². The summed E-state index contributed by atoms with van der Waals surface area (Å²) in [6.45, 7) is 18.6. The lowest BCUT2D eigenvalue weighted by atomic mass is 10.1. The van der Waals surface area contributed by atoms with Crippen LogP contribution in [0.4, 0.5) is 10.2 Å². The zero-order valence-electron chi connectivity index (χ0n) is 27.0. The van der Waals surface area contributed by atoms with E-state index in [2.05, 4.69) is 41.4 Å². The molecule has 0 radical (unpaired) electrons. The molecule has 3 aromatic rings. The molecule has 0 amide bonds. The first kappa shape index (κ1) is 38.5. The van der Waals surface area contributed by atoms with Crippen molar-refractivity contribution in [2.45, 2.75) is 60.5 Å². The van der Waals surface area contributed by atoms with E-state index in [9.17, 15) is 4.39 Å². The lowest BCUT2D eigenvalue weighted by Gasteiger charge is -2.13. The summed E-state index contributed by atoms with van der Waals surface area (Å²) in [5.41, 5.74) is 12.7. The molecule has 6 nitrogen and oxygen atoms in total. The third kappa shape index (κ3) is 14.8. The highest BCUT2D eigenvalue weighted by molar-refractivity contribution is 5.60. The van der Waals surface area contributed by atoms with Gasteiger partial charge in [-0.3, -0.25) is 4.98 Å². The minimum atomic E-state index is -0.208. The van der Waals surface area contributed by atoms with E-state index >= 15 is 0 Å². The molecule has 0 saturated carbocycles. The maximum absolute atomic E-state index is 12.2. The van der Waals surface area contributed by atoms with Crippen LogP contribution < -0.4 is 11.1 Å². The van der Waals surface area contributed by atoms with Crippen LogP contribution in [0.1, 0.15) is 64.3 Å². The molecular formula is C36H49FN6. The maximum atomic E-state index is 12.2. The number of nitriles is 1. The van der Waals surface area contributed by atoms with Crippen LogP contribution >= 0.6 is 0 Å². The molecule has 3 rings (SSSR count). The molecule has 0 fully saturated rings. The second-order valence-corrected chi connectivity index (χ2v) is 8.92. The van der Waals surface area contributed by atoms with Gasteiger partial charge in [0.15, 0.2) is 0 Å². The van der Waals surface area contributed by atoms with Crippen molar-refractivity contribution in [2.75, 3.05) is 19.8 Å². The van der Waals surface area contributed by atoms with Gasteiger partial charge in [0.2, 0.25) is 0 Å². The van der Waals surface area contributed by atoms with Crippen molar-refractivity contribution in [1.82, 2.24) is 20.2 Å². The van der Waals surface area contributed by atoms with Crippen LogP contribution in [0.3, 0.4) is 0 Å². The largest absolute Gasteiger partial charge is 0.383 e. The van der Waals surface area contributed by atoms with E-state index in [1.54, 1.807) is 30.5 Å². The summed E-state index contributed by atoms with van der Waals surface area (Å²) >= 11 is 0. The molecule has 0 aliphatic rings. The average molecular weight is 585 g/mol. The number of nitrogen functional groups attached to an aromatic ring is 1. The molecule has 3 N–H and O–H groups in total. The van der Waals surface area contributed by atoms with Gasteiger partial charge in [-0.1, -0.05) is 108 Å². The summed E-state index contributed by atoms with van der Waals surface area (Å²) in [5, 5.41) is 12.6. The second kappa shape index (κ2) is 23.1. The molecule has 0 unspecified atom stereocenters. The SMILES string of the molecule is C=C/C=C\C(CC)=C(/CC#N)NCc1ccc(-c2cnc(CN(C)C)c(N)n2)cc1.C=Cc1ccc(F)cc1.CC.CC. The van der Waals surface area contributed by atoms with Gasteiger partial charge < -0.3 is 16.0 Å². The molecule has 0 atom stereocenters. The van der Waals surface area contributed by atoms with Crippen molar-refractivity contribution in [3.05, 3.63) is 120 Å². The molecular weight excluding hydrogens is 535 g/mol. The summed E-state index contributed by atoms with van der Waals surface area (Å²) in [5.74, 6) is 0.249. The summed E-state index contributed by atoms with van der Waals surface area (Å²) in [6, 6.07) is 16.5. The Bertz CT molecular complexity index is 1320.